The quantitative estimate of drug-likeness (QED) is 0.852. The van der Waals surface area contributed by atoms with Crippen molar-refractivity contribution < 1.29 is 19.5 Å². The highest BCUT2D eigenvalue weighted by atomic mass is 16.4. The first-order chi connectivity index (χ1) is 9.54. The predicted molar refractivity (Wildman–Crippen MR) is 71.5 cm³/mol. The zero-order valence-corrected chi connectivity index (χ0v) is 11.1. The molecule has 1 atom stereocenters. The van der Waals surface area contributed by atoms with Crippen LogP contribution in [0.4, 0.5) is 0 Å². The van der Waals surface area contributed by atoms with Crippen LogP contribution >= 0.6 is 0 Å². The monoisotopic (exact) mass is 276 g/mol. The van der Waals surface area contributed by atoms with Crippen molar-refractivity contribution >= 4 is 17.8 Å². The number of carboxylic acid groups (broad SMARTS) is 1. The Balaban J connectivity index is 2.28. The van der Waals surface area contributed by atoms with Crippen LogP contribution < -0.4 is 5.32 Å². The van der Waals surface area contributed by atoms with E-state index >= 15 is 0 Å². The summed E-state index contributed by atoms with van der Waals surface area (Å²) in [5.74, 6) is -1.56. The molecule has 1 heterocycles. The third kappa shape index (κ3) is 2.64. The van der Waals surface area contributed by atoms with E-state index in [2.05, 4.69) is 5.32 Å². The molecule has 2 rings (SSSR count). The average Bonchev–Trinajstić information content (AvgIpc) is 2.46. The number of nitrogens with one attached hydrogen (secondary N) is 1. The molecule has 2 amide bonds. The number of amides is 2. The summed E-state index contributed by atoms with van der Waals surface area (Å²) in [5, 5.41) is 11.7. The van der Waals surface area contributed by atoms with Gasteiger partial charge in [0.25, 0.3) is 5.91 Å². The minimum atomic E-state index is -1.08. The fraction of sp³-hybridized carbons (Fsp3) is 0.357. The van der Waals surface area contributed by atoms with E-state index in [-0.39, 0.29) is 22.9 Å². The van der Waals surface area contributed by atoms with Gasteiger partial charge in [-0.2, -0.15) is 0 Å². The SMILES string of the molecule is CC[C@H]1C(=O)NCCN1C(=O)c1cccc(C(=O)O)c1. The highest BCUT2D eigenvalue weighted by Gasteiger charge is 2.32. The molecule has 0 unspecified atom stereocenters. The molecule has 1 aromatic rings. The highest BCUT2D eigenvalue weighted by molar-refractivity contribution is 6.00. The van der Waals surface area contributed by atoms with Crippen LogP contribution in [0.5, 0.6) is 0 Å². The fourth-order valence-electron chi connectivity index (χ4n) is 2.31. The van der Waals surface area contributed by atoms with Crippen molar-refractivity contribution in [1.29, 1.82) is 0 Å². The summed E-state index contributed by atoms with van der Waals surface area (Å²) in [4.78, 5) is 36.6. The van der Waals surface area contributed by atoms with Crippen LogP contribution in [-0.2, 0) is 4.79 Å². The number of aromatic carboxylic acids is 1. The molecule has 0 spiro atoms. The standard InChI is InChI=1S/C14H16N2O4/c1-2-11-12(17)15-6-7-16(11)13(18)9-4-3-5-10(8-9)14(19)20/h3-5,8,11H,2,6-7H2,1H3,(H,15,17)(H,19,20)/t11-/m0/s1. The highest BCUT2D eigenvalue weighted by Crippen LogP contribution is 2.15. The molecule has 106 valence electrons. The first-order valence-electron chi connectivity index (χ1n) is 6.46. The van der Waals surface area contributed by atoms with Gasteiger partial charge in [0.1, 0.15) is 6.04 Å². The van der Waals surface area contributed by atoms with E-state index in [4.69, 9.17) is 5.11 Å². The molecule has 1 saturated heterocycles. The van der Waals surface area contributed by atoms with Gasteiger partial charge in [-0.3, -0.25) is 9.59 Å². The van der Waals surface area contributed by atoms with Gasteiger partial charge in [0.05, 0.1) is 5.56 Å². The molecule has 0 aliphatic carbocycles. The Morgan fingerprint density at radius 2 is 2.10 bits per heavy atom. The third-order valence-corrected chi connectivity index (χ3v) is 3.33. The number of carbonyl (C=O) groups is 3. The second-order valence-corrected chi connectivity index (χ2v) is 4.60. The Morgan fingerprint density at radius 3 is 2.75 bits per heavy atom. The second-order valence-electron chi connectivity index (χ2n) is 4.60. The number of benzene rings is 1. The minimum absolute atomic E-state index is 0.0605. The first kappa shape index (κ1) is 14.0. The van der Waals surface area contributed by atoms with E-state index in [9.17, 15) is 14.4 Å². The lowest BCUT2D eigenvalue weighted by Crippen LogP contribution is -2.56. The van der Waals surface area contributed by atoms with Crippen molar-refractivity contribution in [3.63, 3.8) is 0 Å². The Labute approximate surface area is 116 Å². The molecule has 6 nitrogen and oxygen atoms in total. The zero-order chi connectivity index (χ0) is 14.7. The van der Waals surface area contributed by atoms with Gasteiger partial charge in [0, 0.05) is 18.7 Å². The summed E-state index contributed by atoms with van der Waals surface area (Å²) < 4.78 is 0. The number of nitrogens with zero attached hydrogens (tertiary/aromatic N) is 1. The summed E-state index contributed by atoms with van der Waals surface area (Å²) in [7, 11) is 0. The minimum Gasteiger partial charge on any atom is -0.478 e. The Morgan fingerprint density at radius 1 is 1.40 bits per heavy atom. The van der Waals surface area contributed by atoms with E-state index in [1.54, 1.807) is 6.07 Å². The van der Waals surface area contributed by atoms with Gasteiger partial charge in [0.2, 0.25) is 5.91 Å². The molecule has 2 N–H and O–H groups in total. The summed E-state index contributed by atoms with van der Waals surface area (Å²) in [6, 6.07) is 5.36. The van der Waals surface area contributed by atoms with E-state index in [0.29, 0.717) is 19.5 Å². The molecule has 20 heavy (non-hydrogen) atoms. The normalized spacial score (nSPS) is 18.6. The maximum atomic E-state index is 12.4. The molecule has 0 aromatic heterocycles. The first-order valence-corrected chi connectivity index (χ1v) is 6.46. The van der Waals surface area contributed by atoms with Crippen LogP contribution in [0.2, 0.25) is 0 Å². The number of rotatable bonds is 3. The van der Waals surface area contributed by atoms with Crippen molar-refractivity contribution in [2.24, 2.45) is 0 Å². The van der Waals surface area contributed by atoms with Gasteiger partial charge in [-0.25, -0.2) is 4.79 Å². The van der Waals surface area contributed by atoms with Crippen LogP contribution in [0.1, 0.15) is 34.1 Å². The third-order valence-electron chi connectivity index (χ3n) is 3.33. The summed E-state index contributed by atoms with van der Waals surface area (Å²) in [6.45, 7) is 2.68. The van der Waals surface area contributed by atoms with Gasteiger partial charge < -0.3 is 15.3 Å². The summed E-state index contributed by atoms with van der Waals surface area (Å²) in [5.41, 5.74) is 0.350. The Bertz CT molecular complexity index is 556. The number of carboxylic acids is 1. The maximum absolute atomic E-state index is 12.4. The van der Waals surface area contributed by atoms with E-state index < -0.39 is 12.0 Å². The lowest BCUT2D eigenvalue weighted by Gasteiger charge is -2.34. The Kier molecular flexibility index (Phi) is 4.02. The lowest BCUT2D eigenvalue weighted by molar-refractivity contribution is -0.127. The molecule has 1 aromatic carbocycles. The largest absolute Gasteiger partial charge is 0.478 e. The summed E-state index contributed by atoms with van der Waals surface area (Å²) >= 11 is 0. The number of carbonyl (C=O) groups excluding carboxylic acids is 2. The van der Waals surface area contributed by atoms with Crippen LogP contribution in [-0.4, -0.2) is 46.9 Å². The molecule has 6 heteroatoms. The van der Waals surface area contributed by atoms with E-state index in [0.717, 1.165) is 0 Å². The van der Waals surface area contributed by atoms with E-state index in [1.807, 2.05) is 6.92 Å². The molecule has 0 radical (unpaired) electrons. The lowest BCUT2D eigenvalue weighted by atomic mass is 10.1. The molecule has 1 fully saturated rings. The molecular weight excluding hydrogens is 260 g/mol. The van der Waals surface area contributed by atoms with Gasteiger partial charge in [-0.05, 0) is 24.6 Å². The van der Waals surface area contributed by atoms with Crippen molar-refractivity contribution in [2.75, 3.05) is 13.1 Å². The van der Waals surface area contributed by atoms with Crippen molar-refractivity contribution in [2.45, 2.75) is 19.4 Å². The zero-order valence-electron chi connectivity index (χ0n) is 11.1. The topological polar surface area (TPSA) is 86.7 Å². The molecule has 0 bridgehead atoms. The van der Waals surface area contributed by atoms with Crippen molar-refractivity contribution in [3.8, 4) is 0 Å². The van der Waals surface area contributed by atoms with E-state index in [1.165, 1.54) is 23.1 Å². The predicted octanol–water partition coefficient (Wildman–Crippen LogP) is 0.735. The molecular formula is C14H16N2O4. The number of hydrogen-bond donors (Lipinski definition) is 2. The Hall–Kier alpha value is -2.37. The van der Waals surface area contributed by atoms with Gasteiger partial charge >= 0.3 is 5.97 Å². The second kappa shape index (κ2) is 5.73. The smallest absolute Gasteiger partial charge is 0.335 e. The number of hydrogen-bond acceptors (Lipinski definition) is 3. The molecule has 1 aliphatic heterocycles. The number of piperazine rings is 1. The molecule has 1 aliphatic rings. The van der Waals surface area contributed by atoms with Gasteiger partial charge in [0.15, 0.2) is 0 Å². The summed E-state index contributed by atoms with van der Waals surface area (Å²) in [6.07, 6.45) is 0.524. The van der Waals surface area contributed by atoms with Crippen LogP contribution in [0, 0.1) is 0 Å². The fourth-order valence-corrected chi connectivity index (χ4v) is 2.31. The van der Waals surface area contributed by atoms with Gasteiger partial charge in [-0.15, -0.1) is 0 Å². The maximum Gasteiger partial charge on any atom is 0.335 e. The van der Waals surface area contributed by atoms with Crippen LogP contribution in [0.25, 0.3) is 0 Å². The van der Waals surface area contributed by atoms with Crippen LogP contribution in [0.3, 0.4) is 0 Å². The average molecular weight is 276 g/mol. The van der Waals surface area contributed by atoms with Crippen LogP contribution in [0.15, 0.2) is 24.3 Å². The van der Waals surface area contributed by atoms with Crippen molar-refractivity contribution in [1.82, 2.24) is 10.2 Å². The molecule has 0 saturated carbocycles. The van der Waals surface area contributed by atoms with Crippen molar-refractivity contribution in [3.05, 3.63) is 35.4 Å². The van der Waals surface area contributed by atoms with Gasteiger partial charge in [-0.1, -0.05) is 13.0 Å².